The monoisotopic (exact) mass is 286 g/mol. The molecule has 2 heterocycles. The van der Waals surface area contributed by atoms with Crippen LogP contribution in [0.3, 0.4) is 0 Å². The van der Waals surface area contributed by atoms with Gasteiger partial charge in [-0.05, 0) is 38.5 Å². The summed E-state index contributed by atoms with van der Waals surface area (Å²) < 4.78 is 11.3. The molecule has 1 aromatic heterocycles. The predicted octanol–water partition coefficient (Wildman–Crippen LogP) is 3.03. The second-order valence-corrected chi connectivity index (χ2v) is 5.46. The molecule has 5 heteroatoms. The maximum Gasteiger partial charge on any atom is 0.296 e. The van der Waals surface area contributed by atoms with Crippen LogP contribution in [0.4, 0.5) is 5.69 Å². The van der Waals surface area contributed by atoms with Gasteiger partial charge in [0.15, 0.2) is 5.89 Å². The summed E-state index contributed by atoms with van der Waals surface area (Å²) in [5.74, 6) is 1.36. The largest absolute Gasteiger partial charge is 0.487 e. The van der Waals surface area contributed by atoms with Crippen LogP contribution in [0.25, 0.3) is 0 Å². The zero-order chi connectivity index (χ0) is 15.1. The Morgan fingerprint density at radius 3 is 2.76 bits per heavy atom. The Balaban J connectivity index is 2.03. The van der Waals surface area contributed by atoms with Gasteiger partial charge in [0, 0.05) is 6.92 Å². The summed E-state index contributed by atoms with van der Waals surface area (Å²) in [4.78, 5) is 18.6. The van der Waals surface area contributed by atoms with Crippen molar-refractivity contribution in [2.45, 2.75) is 33.8 Å². The van der Waals surface area contributed by atoms with Crippen molar-refractivity contribution in [3.05, 3.63) is 41.1 Å². The summed E-state index contributed by atoms with van der Waals surface area (Å²) in [7, 11) is 0. The number of carbonyl (C=O) groups is 1. The number of carbonyl (C=O) groups excluding carboxylic acids is 1. The van der Waals surface area contributed by atoms with Crippen LogP contribution < -0.4 is 9.64 Å². The van der Waals surface area contributed by atoms with Gasteiger partial charge in [-0.25, -0.2) is 4.98 Å². The van der Waals surface area contributed by atoms with Crippen molar-refractivity contribution in [3.8, 4) is 5.75 Å². The number of hydrogen-bond donors (Lipinski definition) is 0. The Labute approximate surface area is 123 Å². The summed E-state index contributed by atoms with van der Waals surface area (Å²) in [5.41, 5.74) is 2.49. The number of nitrogens with zero attached hydrogens (tertiary/aromatic N) is 2. The number of hydrogen-bond acceptors (Lipinski definition) is 4. The molecule has 1 aromatic carbocycles. The van der Waals surface area contributed by atoms with E-state index in [0.29, 0.717) is 23.9 Å². The van der Waals surface area contributed by atoms with E-state index < -0.39 is 0 Å². The van der Waals surface area contributed by atoms with Crippen molar-refractivity contribution in [1.82, 2.24) is 4.98 Å². The summed E-state index contributed by atoms with van der Waals surface area (Å²) in [6.07, 6.45) is -0.0624. The van der Waals surface area contributed by atoms with Crippen LogP contribution in [-0.2, 0) is 0 Å². The molecule has 1 atom stereocenters. The SMILES string of the molecule is Cc1ccc2c(c1)OC(C)CN2C(=O)c1oc(C)nc1C. The molecule has 1 amide bonds. The third kappa shape index (κ3) is 2.39. The van der Waals surface area contributed by atoms with Crippen molar-refractivity contribution >= 4 is 11.6 Å². The molecular formula is C16H18N2O3. The van der Waals surface area contributed by atoms with Crippen molar-refractivity contribution < 1.29 is 13.9 Å². The van der Waals surface area contributed by atoms with Gasteiger partial charge >= 0.3 is 0 Å². The van der Waals surface area contributed by atoms with E-state index in [0.717, 1.165) is 17.0 Å². The van der Waals surface area contributed by atoms with Gasteiger partial charge in [-0.3, -0.25) is 9.69 Å². The highest BCUT2D eigenvalue weighted by Gasteiger charge is 2.31. The average molecular weight is 286 g/mol. The van der Waals surface area contributed by atoms with Crippen molar-refractivity contribution in [2.75, 3.05) is 11.4 Å². The molecule has 0 bridgehead atoms. The quantitative estimate of drug-likeness (QED) is 0.808. The molecule has 0 saturated heterocycles. The van der Waals surface area contributed by atoms with Gasteiger partial charge in [-0.1, -0.05) is 6.07 Å². The lowest BCUT2D eigenvalue weighted by molar-refractivity contribution is 0.0932. The number of oxazole rings is 1. The van der Waals surface area contributed by atoms with Crippen LogP contribution in [0.15, 0.2) is 22.6 Å². The number of anilines is 1. The first-order valence-electron chi connectivity index (χ1n) is 6.99. The fraction of sp³-hybridized carbons (Fsp3) is 0.375. The zero-order valence-corrected chi connectivity index (χ0v) is 12.6. The van der Waals surface area contributed by atoms with Gasteiger partial charge in [0.2, 0.25) is 5.76 Å². The van der Waals surface area contributed by atoms with Gasteiger partial charge in [0.05, 0.1) is 17.9 Å². The molecule has 21 heavy (non-hydrogen) atoms. The molecule has 1 aliphatic rings. The van der Waals surface area contributed by atoms with Crippen LogP contribution in [0.2, 0.25) is 0 Å². The van der Waals surface area contributed by atoms with Crippen LogP contribution in [0.5, 0.6) is 5.75 Å². The third-order valence-corrected chi connectivity index (χ3v) is 3.52. The molecule has 0 radical (unpaired) electrons. The highest BCUT2D eigenvalue weighted by molar-refractivity contribution is 6.06. The normalized spacial score (nSPS) is 17.3. The summed E-state index contributed by atoms with van der Waals surface area (Å²) in [6, 6.07) is 5.83. The van der Waals surface area contributed by atoms with Crippen LogP contribution in [0.1, 0.15) is 34.6 Å². The van der Waals surface area contributed by atoms with Gasteiger partial charge < -0.3 is 9.15 Å². The predicted molar refractivity (Wildman–Crippen MR) is 78.9 cm³/mol. The maximum absolute atomic E-state index is 12.8. The number of rotatable bonds is 1. The lowest BCUT2D eigenvalue weighted by Crippen LogP contribution is -2.42. The number of ether oxygens (including phenoxy) is 1. The number of aryl methyl sites for hydroxylation is 3. The number of fused-ring (bicyclic) bond motifs is 1. The van der Waals surface area contributed by atoms with Crippen LogP contribution >= 0.6 is 0 Å². The van der Waals surface area contributed by atoms with E-state index in [1.165, 1.54) is 0 Å². The number of benzene rings is 1. The lowest BCUT2D eigenvalue weighted by atomic mass is 10.1. The minimum absolute atomic E-state index is 0.0624. The first-order chi connectivity index (χ1) is 9.95. The van der Waals surface area contributed by atoms with Gasteiger partial charge in [-0.15, -0.1) is 0 Å². The molecular weight excluding hydrogens is 268 g/mol. The maximum atomic E-state index is 12.8. The fourth-order valence-corrected chi connectivity index (χ4v) is 2.59. The van der Waals surface area contributed by atoms with Crippen LogP contribution in [-0.4, -0.2) is 23.5 Å². The Morgan fingerprint density at radius 2 is 2.10 bits per heavy atom. The second-order valence-electron chi connectivity index (χ2n) is 5.46. The van der Waals surface area contributed by atoms with Crippen molar-refractivity contribution in [2.24, 2.45) is 0 Å². The van der Waals surface area contributed by atoms with Gasteiger partial charge in [0.25, 0.3) is 5.91 Å². The minimum Gasteiger partial charge on any atom is -0.487 e. The Bertz CT molecular complexity index is 706. The third-order valence-electron chi connectivity index (χ3n) is 3.52. The van der Waals surface area contributed by atoms with E-state index in [2.05, 4.69) is 4.98 Å². The molecule has 1 aliphatic heterocycles. The van der Waals surface area contributed by atoms with Gasteiger partial charge in [-0.2, -0.15) is 0 Å². The van der Waals surface area contributed by atoms with E-state index in [-0.39, 0.29) is 12.0 Å². The highest BCUT2D eigenvalue weighted by atomic mass is 16.5. The molecule has 110 valence electrons. The van der Waals surface area contributed by atoms with E-state index in [1.807, 2.05) is 32.0 Å². The topological polar surface area (TPSA) is 55.6 Å². The molecule has 1 unspecified atom stereocenters. The van der Waals surface area contributed by atoms with Crippen molar-refractivity contribution in [1.29, 1.82) is 0 Å². The zero-order valence-electron chi connectivity index (χ0n) is 12.6. The van der Waals surface area contributed by atoms with Gasteiger partial charge in [0.1, 0.15) is 11.9 Å². The first kappa shape index (κ1) is 13.7. The minimum atomic E-state index is -0.173. The van der Waals surface area contributed by atoms with E-state index in [9.17, 15) is 4.79 Å². The van der Waals surface area contributed by atoms with Crippen molar-refractivity contribution in [3.63, 3.8) is 0 Å². The molecule has 0 N–H and O–H groups in total. The average Bonchev–Trinajstić information content (AvgIpc) is 2.75. The molecule has 2 aromatic rings. The molecule has 0 fully saturated rings. The summed E-state index contributed by atoms with van der Waals surface area (Å²) in [5, 5.41) is 0. The lowest BCUT2D eigenvalue weighted by Gasteiger charge is -2.33. The fourth-order valence-electron chi connectivity index (χ4n) is 2.59. The smallest absolute Gasteiger partial charge is 0.296 e. The molecule has 0 aliphatic carbocycles. The first-order valence-corrected chi connectivity index (χ1v) is 6.99. The molecule has 5 nitrogen and oxygen atoms in total. The summed E-state index contributed by atoms with van der Waals surface area (Å²) >= 11 is 0. The molecule has 0 saturated carbocycles. The summed E-state index contributed by atoms with van der Waals surface area (Å²) in [6.45, 7) is 7.96. The number of amides is 1. The standard InChI is InChI=1S/C16H18N2O3/c1-9-5-6-13-14(7-9)20-10(2)8-18(13)16(19)15-11(3)17-12(4)21-15/h5-7,10H,8H2,1-4H3. The number of aromatic nitrogens is 1. The Kier molecular flexibility index (Phi) is 3.20. The highest BCUT2D eigenvalue weighted by Crippen LogP contribution is 2.35. The van der Waals surface area contributed by atoms with Crippen LogP contribution in [0, 0.1) is 20.8 Å². The Morgan fingerprint density at radius 1 is 1.33 bits per heavy atom. The van der Waals surface area contributed by atoms with E-state index in [1.54, 1.807) is 18.7 Å². The van der Waals surface area contributed by atoms with E-state index >= 15 is 0 Å². The molecule has 0 spiro atoms. The Hall–Kier alpha value is -2.30. The molecule has 3 rings (SSSR count). The van der Waals surface area contributed by atoms with E-state index in [4.69, 9.17) is 9.15 Å². The second kappa shape index (κ2) is 4.91.